The molecule has 0 unspecified atom stereocenters. The topological polar surface area (TPSA) is 19.4 Å². The molecule has 0 saturated heterocycles. The Morgan fingerprint density at radius 2 is 1.24 bits per heavy atom. The first-order valence-corrected chi connectivity index (χ1v) is 15.4. The average molecular weight is 560 g/mol. The lowest BCUT2D eigenvalue weighted by Gasteiger charge is -2.44. The van der Waals surface area contributed by atoms with E-state index < -0.39 is 0 Å². The van der Waals surface area contributed by atoms with Crippen molar-refractivity contribution in [3.63, 3.8) is 0 Å². The normalized spacial score (nSPS) is 14.0. The number of pyridine rings is 1. The van der Waals surface area contributed by atoms with Gasteiger partial charge in [-0.3, -0.25) is 4.98 Å². The molecule has 0 N–H and O–H groups in total. The Labute approximate surface area is 248 Å². The van der Waals surface area contributed by atoms with Crippen molar-refractivity contribution >= 4 is 80.7 Å². The molecule has 9 rings (SSSR count). The molecule has 0 saturated carbocycles. The second kappa shape index (κ2) is 9.06. The van der Waals surface area contributed by atoms with Crippen LogP contribution in [0.3, 0.4) is 0 Å². The second-order valence-electron chi connectivity index (χ2n) is 10.4. The van der Waals surface area contributed by atoms with Gasteiger partial charge < -0.3 is 9.80 Å². The highest BCUT2D eigenvalue weighted by Gasteiger charge is 2.44. The molecule has 0 fully saturated rings. The minimum absolute atomic E-state index is 0.162. The van der Waals surface area contributed by atoms with Crippen molar-refractivity contribution in [3.05, 3.63) is 134 Å². The van der Waals surface area contributed by atoms with Crippen LogP contribution in [0.15, 0.2) is 153 Å². The molecule has 0 atom stereocenters. The third-order valence-corrected chi connectivity index (χ3v) is 10.5. The van der Waals surface area contributed by atoms with Gasteiger partial charge >= 0.3 is 0 Å². The van der Waals surface area contributed by atoms with E-state index in [0.717, 1.165) is 11.4 Å². The lowest BCUT2D eigenvalue weighted by Crippen LogP contribution is -2.60. The Balaban J connectivity index is 1.42. The van der Waals surface area contributed by atoms with Gasteiger partial charge in [0.2, 0.25) is 6.71 Å². The van der Waals surface area contributed by atoms with Crippen molar-refractivity contribution in [2.45, 2.75) is 19.6 Å². The van der Waals surface area contributed by atoms with Crippen molar-refractivity contribution in [1.82, 2.24) is 4.98 Å². The van der Waals surface area contributed by atoms with E-state index in [4.69, 9.17) is 0 Å². The monoisotopic (exact) mass is 559 g/mol. The van der Waals surface area contributed by atoms with Crippen LogP contribution in [0.1, 0.15) is 0 Å². The van der Waals surface area contributed by atoms with Gasteiger partial charge in [0.05, 0.1) is 33.8 Å². The van der Waals surface area contributed by atoms with Crippen LogP contribution in [-0.4, -0.2) is 11.7 Å². The van der Waals surface area contributed by atoms with Crippen LogP contribution in [-0.2, 0) is 0 Å². The number of fused-ring (bicyclic) bond motifs is 7. The molecule has 3 nitrogen and oxygen atoms in total. The van der Waals surface area contributed by atoms with E-state index >= 15 is 0 Å². The average Bonchev–Trinajstić information content (AvgIpc) is 3.04. The largest absolute Gasteiger partial charge is 0.309 e. The second-order valence-corrected chi connectivity index (χ2v) is 12.5. The molecule has 0 amide bonds. The molecule has 6 aromatic rings. The Kier molecular flexibility index (Phi) is 5.16. The first-order valence-electron chi connectivity index (χ1n) is 13.8. The minimum Gasteiger partial charge on any atom is -0.309 e. The number of hydrogen-bond donors (Lipinski definition) is 0. The number of para-hydroxylation sites is 3. The molecule has 0 radical (unpaired) electrons. The number of rotatable bonds is 2. The lowest BCUT2D eigenvalue weighted by molar-refractivity contribution is 1.12. The zero-order valence-corrected chi connectivity index (χ0v) is 23.6. The molecule has 5 aromatic carbocycles. The van der Waals surface area contributed by atoms with Crippen molar-refractivity contribution < 1.29 is 0 Å². The van der Waals surface area contributed by atoms with Gasteiger partial charge in [0, 0.05) is 32.3 Å². The molecule has 4 heterocycles. The first kappa shape index (κ1) is 23.3. The van der Waals surface area contributed by atoms with Gasteiger partial charge in [0.1, 0.15) is 0 Å². The highest BCUT2D eigenvalue weighted by atomic mass is 32.2. The number of benzene rings is 5. The zero-order chi connectivity index (χ0) is 26.9. The summed E-state index contributed by atoms with van der Waals surface area (Å²) in [6.07, 6.45) is 3.84. The van der Waals surface area contributed by atoms with Crippen molar-refractivity contribution in [2.24, 2.45) is 0 Å². The van der Waals surface area contributed by atoms with Gasteiger partial charge in [0.25, 0.3) is 0 Å². The lowest BCUT2D eigenvalue weighted by atomic mass is 9.35. The Bertz CT molecular complexity index is 1980. The summed E-state index contributed by atoms with van der Waals surface area (Å²) >= 11 is 3.78. The van der Waals surface area contributed by atoms with Gasteiger partial charge in [-0.2, -0.15) is 0 Å². The SMILES string of the molecule is c1ccc(N2c3ccccc3Sc3c2cc2c4c3N(c3cccnc3)c3ccccc3B4c3ccccc3S2)cc1. The van der Waals surface area contributed by atoms with Crippen molar-refractivity contribution in [1.29, 1.82) is 0 Å². The third kappa shape index (κ3) is 3.41. The van der Waals surface area contributed by atoms with E-state index in [1.54, 1.807) is 0 Å². The fourth-order valence-corrected chi connectivity index (χ4v) is 8.89. The van der Waals surface area contributed by atoms with E-state index in [1.165, 1.54) is 58.7 Å². The Hall–Kier alpha value is -4.39. The fourth-order valence-electron chi connectivity index (χ4n) is 6.52. The summed E-state index contributed by atoms with van der Waals surface area (Å²) < 4.78 is 0. The van der Waals surface area contributed by atoms with Gasteiger partial charge in [-0.25, -0.2) is 0 Å². The third-order valence-electron chi connectivity index (χ3n) is 8.16. The van der Waals surface area contributed by atoms with Gasteiger partial charge in [0.15, 0.2) is 0 Å². The summed E-state index contributed by atoms with van der Waals surface area (Å²) in [6.45, 7) is 0.162. The summed E-state index contributed by atoms with van der Waals surface area (Å²) in [6, 6.07) is 44.0. The Morgan fingerprint density at radius 3 is 2.07 bits per heavy atom. The molecule has 3 aliphatic heterocycles. The van der Waals surface area contributed by atoms with Crippen LogP contribution in [0.2, 0.25) is 0 Å². The highest BCUT2D eigenvalue weighted by molar-refractivity contribution is 8.00. The number of nitrogens with zero attached hydrogens (tertiary/aromatic N) is 3. The highest BCUT2D eigenvalue weighted by Crippen LogP contribution is 2.57. The van der Waals surface area contributed by atoms with Gasteiger partial charge in [-0.05, 0) is 65.5 Å². The molecule has 192 valence electrons. The maximum absolute atomic E-state index is 4.56. The molecule has 3 aliphatic rings. The van der Waals surface area contributed by atoms with E-state index in [0.29, 0.717) is 0 Å². The van der Waals surface area contributed by atoms with Crippen LogP contribution in [0.4, 0.5) is 34.1 Å². The summed E-state index contributed by atoms with van der Waals surface area (Å²) in [5.74, 6) is 0. The van der Waals surface area contributed by atoms with E-state index in [9.17, 15) is 0 Å². The maximum atomic E-state index is 4.56. The quantitative estimate of drug-likeness (QED) is 0.201. The molecule has 41 heavy (non-hydrogen) atoms. The molecular weight excluding hydrogens is 537 g/mol. The molecule has 6 heteroatoms. The van der Waals surface area contributed by atoms with Crippen molar-refractivity contribution in [3.8, 4) is 0 Å². The molecule has 0 bridgehead atoms. The van der Waals surface area contributed by atoms with E-state index in [-0.39, 0.29) is 6.71 Å². The molecular formula is C35H22BN3S2. The zero-order valence-electron chi connectivity index (χ0n) is 21.9. The number of anilines is 6. The van der Waals surface area contributed by atoms with Gasteiger partial charge in [-0.1, -0.05) is 95.7 Å². The molecule has 0 spiro atoms. The predicted octanol–water partition coefficient (Wildman–Crippen LogP) is 7.78. The summed E-state index contributed by atoms with van der Waals surface area (Å²) in [5.41, 5.74) is 11.2. The van der Waals surface area contributed by atoms with Crippen molar-refractivity contribution in [2.75, 3.05) is 9.80 Å². The van der Waals surface area contributed by atoms with Crippen LogP contribution in [0, 0.1) is 0 Å². The summed E-state index contributed by atoms with van der Waals surface area (Å²) in [5, 5.41) is 0. The van der Waals surface area contributed by atoms with Crippen LogP contribution in [0.5, 0.6) is 0 Å². The molecule has 1 aromatic heterocycles. The van der Waals surface area contributed by atoms with Crippen LogP contribution < -0.4 is 26.2 Å². The number of aromatic nitrogens is 1. The van der Waals surface area contributed by atoms with Gasteiger partial charge in [-0.15, -0.1) is 0 Å². The predicted molar refractivity (Wildman–Crippen MR) is 173 cm³/mol. The van der Waals surface area contributed by atoms with Crippen LogP contribution in [0.25, 0.3) is 0 Å². The molecule has 0 aliphatic carbocycles. The summed E-state index contributed by atoms with van der Waals surface area (Å²) in [4.78, 5) is 14.6. The van der Waals surface area contributed by atoms with E-state index in [1.807, 2.05) is 42.0 Å². The van der Waals surface area contributed by atoms with Crippen LogP contribution >= 0.6 is 23.5 Å². The Morgan fingerprint density at radius 1 is 0.537 bits per heavy atom. The smallest absolute Gasteiger partial charge is 0.249 e. The first-order chi connectivity index (χ1) is 20.4. The minimum atomic E-state index is 0.162. The standard InChI is InChI=1S/C35H22BN3S2/c1-2-11-23(12-3-1)38-28-17-7-9-19-31(28)41-35-29(38)21-32-33-34(35)39(24-13-10-20-37-22-24)27-16-6-4-14-25(27)36(33)26-15-5-8-18-30(26)40-32/h1-22H. The summed E-state index contributed by atoms with van der Waals surface area (Å²) in [7, 11) is 0. The number of hydrogen-bond acceptors (Lipinski definition) is 5. The fraction of sp³-hybridized carbons (Fsp3) is 0. The van der Waals surface area contributed by atoms with E-state index in [2.05, 4.69) is 130 Å². The maximum Gasteiger partial charge on any atom is 0.249 e.